The van der Waals surface area contributed by atoms with Gasteiger partial charge in [0.05, 0.1) is 0 Å². The normalized spacial score (nSPS) is 10.7. The summed E-state index contributed by atoms with van der Waals surface area (Å²) >= 11 is 0. The Morgan fingerprint density at radius 2 is 0.737 bits per heavy atom. The number of hydrogen-bond donors (Lipinski definition) is 0. The molecule has 6 aromatic rings. The number of nitrogens with zero attached hydrogens (tertiary/aromatic N) is 3. The van der Waals surface area contributed by atoms with Crippen LogP contribution in [0.4, 0.5) is 0 Å². The predicted molar refractivity (Wildman–Crippen MR) is 157 cm³/mol. The van der Waals surface area contributed by atoms with Crippen molar-refractivity contribution in [3.8, 4) is 56.4 Å². The molecule has 0 saturated heterocycles. The van der Waals surface area contributed by atoms with Crippen LogP contribution in [0.2, 0.25) is 0 Å². The standard InChI is InChI=1S/C35H25N3/c1-2-25-16-18-26(19-17-25)31-14-9-15-32(24-31)27-20-22-30(23-21-27)35-37-33(28-10-5-3-6-11-28)36-34(38-35)29-12-7-4-8-13-29/h2-24H,1H2. The number of benzene rings is 5. The first-order valence-electron chi connectivity index (χ1n) is 12.6. The van der Waals surface area contributed by atoms with E-state index in [1.54, 1.807) is 0 Å². The Morgan fingerprint density at radius 1 is 0.368 bits per heavy atom. The second kappa shape index (κ2) is 10.5. The molecule has 0 radical (unpaired) electrons. The van der Waals surface area contributed by atoms with Crippen LogP contribution < -0.4 is 0 Å². The molecule has 180 valence electrons. The first-order valence-corrected chi connectivity index (χ1v) is 12.6. The summed E-state index contributed by atoms with van der Waals surface area (Å²) in [5.74, 6) is 1.97. The topological polar surface area (TPSA) is 38.7 Å². The molecule has 0 aliphatic carbocycles. The summed E-state index contributed by atoms with van der Waals surface area (Å²) in [6.45, 7) is 3.84. The summed E-state index contributed by atoms with van der Waals surface area (Å²) < 4.78 is 0. The minimum absolute atomic E-state index is 0.653. The van der Waals surface area contributed by atoms with E-state index in [9.17, 15) is 0 Å². The molecule has 6 rings (SSSR count). The van der Waals surface area contributed by atoms with E-state index in [0.29, 0.717) is 17.5 Å². The van der Waals surface area contributed by atoms with Gasteiger partial charge in [0, 0.05) is 16.7 Å². The molecule has 0 aliphatic heterocycles. The molecule has 3 heteroatoms. The first kappa shape index (κ1) is 23.3. The van der Waals surface area contributed by atoms with E-state index in [1.165, 1.54) is 11.1 Å². The van der Waals surface area contributed by atoms with Gasteiger partial charge in [-0.15, -0.1) is 0 Å². The minimum Gasteiger partial charge on any atom is -0.208 e. The minimum atomic E-state index is 0.653. The van der Waals surface area contributed by atoms with E-state index in [4.69, 9.17) is 15.0 Å². The third-order valence-electron chi connectivity index (χ3n) is 6.52. The number of aromatic nitrogens is 3. The maximum absolute atomic E-state index is 4.84. The molecule has 0 amide bonds. The van der Waals surface area contributed by atoms with Gasteiger partial charge in [0.1, 0.15) is 0 Å². The molecular formula is C35H25N3. The van der Waals surface area contributed by atoms with Gasteiger partial charge in [-0.2, -0.15) is 0 Å². The van der Waals surface area contributed by atoms with Crippen molar-refractivity contribution >= 4 is 6.08 Å². The molecule has 1 aromatic heterocycles. The Kier molecular flexibility index (Phi) is 6.40. The van der Waals surface area contributed by atoms with Crippen molar-refractivity contribution in [2.24, 2.45) is 0 Å². The lowest BCUT2D eigenvalue weighted by Crippen LogP contribution is -2.00. The fraction of sp³-hybridized carbons (Fsp3) is 0. The highest BCUT2D eigenvalue weighted by Gasteiger charge is 2.12. The third-order valence-corrected chi connectivity index (χ3v) is 6.52. The largest absolute Gasteiger partial charge is 0.208 e. The summed E-state index contributed by atoms with van der Waals surface area (Å²) in [6.07, 6.45) is 1.86. The van der Waals surface area contributed by atoms with Crippen LogP contribution in [0.5, 0.6) is 0 Å². The lowest BCUT2D eigenvalue weighted by atomic mass is 9.98. The van der Waals surface area contributed by atoms with Gasteiger partial charge in [-0.05, 0) is 33.9 Å². The van der Waals surface area contributed by atoms with Crippen LogP contribution in [0.25, 0.3) is 62.5 Å². The Hall–Kier alpha value is -5.15. The second-order valence-corrected chi connectivity index (χ2v) is 9.02. The molecule has 0 aliphatic rings. The molecule has 38 heavy (non-hydrogen) atoms. The lowest BCUT2D eigenvalue weighted by molar-refractivity contribution is 1.07. The lowest BCUT2D eigenvalue weighted by Gasteiger charge is -2.10. The van der Waals surface area contributed by atoms with E-state index >= 15 is 0 Å². The molecule has 1 heterocycles. The zero-order valence-corrected chi connectivity index (χ0v) is 20.8. The van der Waals surface area contributed by atoms with E-state index in [1.807, 2.05) is 66.7 Å². The van der Waals surface area contributed by atoms with Crippen molar-refractivity contribution < 1.29 is 0 Å². The van der Waals surface area contributed by atoms with E-state index in [-0.39, 0.29) is 0 Å². The summed E-state index contributed by atoms with van der Waals surface area (Å²) in [4.78, 5) is 14.5. The number of hydrogen-bond acceptors (Lipinski definition) is 3. The maximum Gasteiger partial charge on any atom is 0.164 e. The molecule has 0 fully saturated rings. The van der Waals surface area contributed by atoms with Crippen molar-refractivity contribution in [3.63, 3.8) is 0 Å². The molecular weight excluding hydrogens is 462 g/mol. The highest BCUT2D eigenvalue weighted by atomic mass is 15.0. The summed E-state index contributed by atoms with van der Waals surface area (Å²) in [7, 11) is 0. The van der Waals surface area contributed by atoms with Crippen LogP contribution in [0.15, 0.2) is 140 Å². The average molecular weight is 488 g/mol. The highest BCUT2D eigenvalue weighted by molar-refractivity contribution is 5.75. The molecule has 0 bridgehead atoms. The Balaban J connectivity index is 1.36. The van der Waals surface area contributed by atoms with Crippen LogP contribution in [0.1, 0.15) is 5.56 Å². The number of rotatable bonds is 6. The average Bonchev–Trinajstić information content (AvgIpc) is 3.02. The van der Waals surface area contributed by atoms with Crippen LogP contribution in [0, 0.1) is 0 Å². The molecule has 3 nitrogen and oxygen atoms in total. The first-order chi connectivity index (χ1) is 18.8. The molecule has 0 N–H and O–H groups in total. The van der Waals surface area contributed by atoms with Gasteiger partial charge in [0.25, 0.3) is 0 Å². The maximum atomic E-state index is 4.84. The zero-order valence-electron chi connectivity index (χ0n) is 20.8. The Labute approximate surface area is 222 Å². The third kappa shape index (κ3) is 4.91. The SMILES string of the molecule is C=Cc1ccc(-c2cccc(-c3ccc(-c4nc(-c5ccccc5)nc(-c5ccccc5)n4)cc3)c2)cc1. The fourth-order valence-electron chi connectivity index (χ4n) is 4.44. The Bertz CT molecular complexity index is 1630. The van der Waals surface area contributed by atoms with Gasteiger partial charge in [-0.3, -0.25) is 0 Å². The molecule has 0 spiro atoms. The van der Waals surface area contributed by atoms with Crippen LogP contribution in [0.3, 0.4) is 0 Å². The van der Waals surface area contributed by atoms with Crippen molar-refractivity contribution in [1.29, 1.82) is 0 Å². The zero-order chi connectivity index (χ0) is 25.7. The van der Waals surface area contributed by atoms with Crippen LogP contribution >= 0.6 is 0 Å². The molecule has 0 unspecified atom stereocenters. The summed E-state index contributed by atoms with van der Waals surface area (Å²) in [6, 6.07) is 45.5. The molecule has 0 atom stereocenters. The van der Waals surface area contributed by atoms with Crippen molar-refractivity contribution in [1.82, 2.24) is 15.0 Å². The van der Waals surface area contributed by atoms with E-state index < -0.39 is 0 Å². The quantitative estimate of drug-likeness (QED) is 0.235. The van der Waals surface area contributed by atoms with Gasteiger partial charge in [0.2, 0.25) is 0 Å². The van der Waals surface area contributed by atoms with E-state index in [0.717, 1.165) is 33.4 Å². The monoisotopic (exact) mass is 487 g/mol. The Morgan fingerprint density at radius 3 is 1.18 bits per heavy atom. The van der Waals surface area contributed by atoms with Gasteiger partial charge in [0.15, 0.2) is 17.5 Å². The van der Waals surface area contributed by atoms with Crippen LogP contribution in [-0.4, -0.2) is 15.0 Å². The van der Waals surface area contributed by atoms with Gasteiger partial charge >= 0.3 is 0 Å². The summed E-state index contributed by atoms with van der Waals surface area (Å²) in [5, 5.41) is 0. The fourth-order valence-corrected chi connectivity index (χ4v) is 4.44. The van der Waals surface area contributed by atoms with E-state index in [2.05, 4.69) is 79.4 Å². The van der Waals surface area contributed by atoms with Gasteiger partial charge in [-0.25, -0.2) is 15.0 Å². The second-order valence-electron chi connectivity index (χ2n) is 9.02. The summed E-state index contributed by atoms with van der Waals surface area (Å²) in [5.41, 5.74) is 8.64. The molecule has 0 saturated carbocycles. The van der Waals surface area contributed by atoms with Crippen molar-refractivity contribution in [3.05, 3.63) is 146 Å². The van der Waals surface area contributed by atoms with Gasteiger partial charge < -0.3 is 0 Å². The highest BCUT2D eigenvalue weighted by Crippen LogP contribution is 2.29. The van der Waals surface area contributed by atoms with Crippen molar-refractivity contribution in [2.75, 3.05) is 0 Å². The van der Waals surface area contributed by atoms with Gasteiger partial charge in [-0.1, -0.05) is 140 Å². The van der Waals surface area contributed by atoms with Crippen molar-refractivity contribution in [2.45, 2.75) is 0 Å². The smallest absolute Gasteiger partial charge is 0.164 e. The van der Waals surface area contributed by atoms with Crippen LogP contribution in [-0.2, 0) is 0 Å². The predicted octanol–water partition coefficient (Wildman–Crippen LogP) is 8.85. The molecule has 5 aromatic carbocycles.